The molecule has 20 heavy (non-hydrogen) atoms. The van der Waals surface area contributed by atoms with Crippen LogP contribution < -0.4 is 16.6 Å². The van der Waals surface area contributed by atoms with Crippen LogP contribution in [0.25, 0.3) is 0 Å². The number of para-hydroxylation sites is 1. The molecular weight excluding hydrogens is 255 g/mol. The lowest BCUT2D eigenvalue weighted by Crippen LogP contribution is -2.36. The number of nitrogens with zero attached hydrogens (tertiary/aromatic N) is 1. The Morgan fingerprint density at radius 3 is 2.55 bits per heavy atom. The number of rotatable bonds is 3. The molecule has 0 bridgehead atoms. The third kappa shape index (κ3) is 3.80. The fraction of sp³-hybridized carbons (Fsp3) is 0.133. The average Bonchev–Trinajstić information content (AvgIpc) is 2.47. The van der Waals surface area contributed by atoms with E-state index in [0.29, 0.717) is 5.96 Å². The number of halogens is 1. The zero-order chi connectivity index (χ0) is 14.4. The van der Waals surface area contributed by atoms with Crippen LogP contribution in [0.5, 0.6) is 0 Å². The van der Waals surface area contributed by atoms with Gasteiger partial charge in [0.2, 0.25) is 5.96 Å². The highest BCUT2D eigenvalue weighted by atomic mass is 19.1. The fourth-order valence-corrected chi connectivity index (χ4v) is 1.80. The summed E-state index contributed by atoms with van der Waals surface area (Å²) in [5.74, 6) is 5.61. The highest BCUT2D eigenvalue weighted by molar-refractivity contribution is 5.93. The van der Waals surface area contributed by atoms with E-state index in [9.17, 15) is 4.39 Å². The molecule has 1 unspecified atom stereocenters. The van der Waals surface area contributed by atoms with Gasteiger partial charge in [0.25, 0.3) is 0 Å². The second-order valence-corrected chi connectivity index (χ2v) is 4.34. The lowest BCUT2D eigenvalue weighted by Gasteiger charge is -2.13. The highest BCUT2D eigenvalue weighted by Crippen LogP contribution is 2.17. The first-order valence-corrected chi connectivity index (χ1v) is 6.31. The minimum absolute atomic E-state index is 0.215. The van der Waals surface area contributed by atoms with E-state index in [0.717, 1.165) is 11.3 Å². The molecule has 0 amide bonds. The Kier molecular flexibility index (Phi) is 4.68. The van der Waals surface area contributed by atoms with Gasteiger partial charge in [-0.25, -0.2) is 15.2 Å². The van der Waals surface area contributed by atoms with Crippen molar-refractivity contribution in [2.24, 2.45) is 10.8 Å². The van der Waals surface area contributed by atoms with E-state index in [1.807, 2.05) is 43.3 Å². The first-order valence-electron chi connectivity index (χ1n) is 6.31. The van der Waals surface area contributed by atoms with Crippen LogP contribution in [0.3, 0.4) is 0 Å². The molecule has 0 spiro atoms. The molecular formula is C15H17FN4. The van der Waals surface area contributed by atoms with E-state index in [1.54, 1.807) is 6.07 Å². The number of hydrazine groups is 1. The van der Waals surface area contributed by atoms with E-state index < -0.39 is 0 Å². The van der Waals surface area contributed by atoms with Crippen LogP contribution in [-0.4, -0.2) is 5.96 Å². The predicted octanol–water partition coefficient (Wildman–Crippen LogP) is 2.82. The Bertz CT molecular complexity index is 583. The monoisotopic (exact) mass is 272 g/mol. The van der Waals surface area contributed by atoms with Gasteiger partial charge in [-0.05, 0) is 36.8 Å². The molecule has 0 aliphatic carbocycles. The van der Waals surface area contributed by atoms with E-state index in [4.69, 9.17) is 5.84 Å². The molecule has 0 aliphatic rings. The molecule has 4 nitrogen and oxygen atoms in total. The van der Waals surface area contributed by atoms with Crippen LogP contribution in [0.15, 0.2) is 59.6 Å². The van der Waals surface area contributed by atoms with Gasteiger partial charge in [0.15, 0.2) is 0 Å². The molecule has 1 atom stereocenters. The van der Waals surface area contributed by atoms with Crippen LogP contribution in [0.2, 0.25) is 0 Å². The van der Waals surface area contributed by atoms with Crippen molar-refractivity contribution < 1.29 is 4.39 Å². The van der Waals surface area contributed by atoms with E-state index >= 15 is 0 Å². The average molecular weight is 272 g/mol. The SMILES string of the molecule is CC(N=C(NN)Nc1ccccc1)c1cccc(F)c1. The second-order valence-electron chi connectivity index (χ2n) is 4.34. The first-order chi connectivity index (χ1) is 9.69. The molecule has 2 rings (SSSR count). The molecule has 0 heterocycles. The van der Waals surface area contributed by atoms with Crippen molar-refractivity contribution in [3.63, 3.8) is 0 Å². The van der Waals surface area contributed by atoms with Gasteiger partial charge in [-0.15, -0.1) is 0 Å². The van der Waals surface area contributed by atoms with Crippen LogP contribution in [0, 0.1) is 5.82 Å². The number of benzene rings is 2. The number of aliphatic imine (C=N–C) groups is 1. The summed E-state index contributed by atoms with van der Waals surface area (Å²) in [6.07, 6.45) is 0. The first kappa shape index (κ1) is 14.0. The fourth-order valence-electron chi connectivity index (χ4n) is 1.80. The van der Waals surface area contributed by atoms with Gasteiger partial charge in [-0.3, -0.25) is 5.43 Å². The number of hydrogen-bond donors (Lipinski definition) is 3. The zero-order valence-corrected chi connectivity index (χ0v) is 11.2. The van der Waals surface area contributed by atoms with Crippen LogP contribution in [0.4, 0.5) is 10.1 Å². The number of nitrogens with two attached hydrogens (primary N) is 1. The summed E-state index contributed by atoms with van der Waals surface area (Å²) < 4.78 is 13.2. The Morgan fingerprint density at radius 1 is 1.15 bits per heavy atom. The third-order valence-corrected chi connectivity index (χ3v) is 2.83. The molecule has 0 fully saturated rings. The summed E-state index contributed by atoms with van der Waals surface area (Å²) in [6.45, 7) is 1.87. The number of hydrogen-bond acceptors (Lipinski definition) is 2. The Balaban J connectivity index is 2.14. The number of nitrogens with one attached hydrogen (secondary N) is 2. The zero-order valence-electron chi connectivity index (χ0n) is 11.2. The van der Waals surface area contributed by atoms with E-state index in [2.05, 4.69) is 15.7 Å². The van der Waals surface area contributed by atoms with Crippen LogP contribution in [-0.2, 0) is 0 Å². The van der Waals surface area contributed by atoms with Crippen molar-refractivity contribution in [1.29, 1.82) is 0 Å². The molecule has 0 aromatic heterocycles. The molecule has 5 heteroatoms. The van der Waals surface area contributed by atoms with Gasteiger partial charge in [0, 0.05) is 5.69 Å². The maximum Gasteiger partial charge on any atom is 0.210 e. The summed E-state index contributed by atoms with van der Waals surface area (Å²) in [5, 5.41) is 3.06. The van der Waals surface area contributed by atoms with Gasteiger partial charge in [-0.1, -0.05) is 30.3 Å². The molecule has 0 radical (unpaired) electrons. The topological polar surface area (TPSA) is 62.4 Å². The lowest BCUT2D eigenvalue weighted by atomic mass is 10.1. The summed E-state index contributed by atoms with van der Waals surface area (Å²) in [5.41, 5.74) is 4.17. The largest absolute Gasteiger partial charge is 0.325 e. The standard InChI is InChI=1S/C15H17FN4/c1-11(12-6-5-7-13(16)10-12)18-15(20-17)19-14-8-3-2-4-9-14/h2-11H,17H2,1H3,(H2,18,19,20). The lowest BCUT2D eigenvalue weighted by molar-refractivity contribution is 0.622. The number of anilines is 1. The smallest absolute Gasteiger partial charge is 0.210 e. The Morgan fingerprint density at radius 2 is 1.90 bits per heavy atom. The Labute approximate surface area is 117 Å². The minimum Gasteiger partial charge on any atom is -0.325 e. The third-order valence-electron chi connectivity index (χ3n) is 2.83. The van der Waals surface area contributed by atoms with Crippen molar-refractivity contribution >= 4 is 11.6 Å². The summed E-state index contributed by atoms with van der Waals surface area (Å²) >= 11 is 0. The van der Waals surface area contributed by atoms with Gasteiger partial charge >= 0.3 is 0 Å². The van der Waals surface area contributed by atoms with Crippen molar-refractivity contribution in [3.8, 4) is 0 Å². The maximum absolute atomic E-state index is 13.2. The van der Waals surface area contributed by atoms with Crippen LogP contribution >= 0.6 is 0 Å². The van der Waals surface area contributed by atoms with Crippen molar-refractivity contribution in [3.05, 3.63) is 66.0 Å². The molecule has 4 N–H and O–H groups in total. The van der Waals surface area contributed by atoms with Crippen LogP contribution in [0.1, 0.15) is 18.5 Å². The molecule has 0 aliphatic heterocycles. The normalized spacial score (nSPS) is 12.8. The molecule has 104 valence electrons. The van der Waals surface area contributed by atoms with Gasteiger partial charge in [-0.2, -0.15) is 0 Å². The van der Waals surface area contributed by atoms with Crippen molar-refractivity contribution in [2.75, 3.05) is 5.32 Å². The highest BCUT2D eigenvalue weighted by Gasteiger charge is 2.06. The van der Waals surface area contributed by atoms with Gasteiger partial charge in [0.05, 0.1) is 6.04 Å². The maximum atomic E-state index is 13.2. The Hall–Kier alpha value is -2.40. The van der Waals surface area contributed by atoms with E-state index in [1.165, 1.54) is 12.1 Å². The van der Waals surface area contributed by atoms with Gasteiger partial charge < -0.3 is 5.32 Å². The molecule has 0 saturated heterocycles. The van der Waals surface area contributed by atoms with Gasteiger partial charge in [0.1, 0.15) is 5.82 Å². The molecule has 0 saturated carbocycles. The summed E-state index contributed by atoms with van der Waals surface area (Å²) in [7, 11) is 0. The number of guanidine groups is 1. The molecule has 2 aromatic carbocycles. The van der Waals surface area contributed by atoms with E-state index in [-0.39, 0.29) is 11.9 Å². The summed E-state index contributed by atoms with van der Waals surface area (Å²) in [4.78, 5) is 4.40. The molecule has 2 aromatic rings. The van der Waals surface area contributed by atoms with Crippen molar-refractivity contribution in [2.45, 2.75) is 13.0 Å². The predicted molar refractivity (Wildman–Crippen MR) is 79.6 cm³/mol. The quantitative estimate of drug-likeness (QED) is 0.348. The minimum atomic E-state index is -0.275. The summed E-state index contributed by atoms with van der Waals surface area (Å²) in [6, 6.07) is 15.7. The van der Waals surface area contributed by atoms with Crippen molar-refractivity contribution in [1.82, 2.24) is 5.43 Å². The second kappa shape index (κ2) is 6.68.